The fourth-order valence-electron chi connectivity index (χ4n) is 1.05. The normalized spacial score (nSPS) is 10.4. The molecule has 1 aromatic heterocycles. The lowest BCUT2D eigenvalue weighted by Crippen LogP contribution is -2.21. The maximum atomic E-state index is 12.8. The fraction of sp³-hybridized carbons (Fsp3) is 0. The van der Waals surface area contributed by atoms with E-state index in [1.54, 1.807) is 0 Å². The van der Waals surface area contributed by atoms with E-state index in [4.69, 9.17) is 0 Å². The van der Waals surface area contributed by atoms with E-state index in [0.29, 0.717) is 0 Å². The van der Waals surface area contributed by atoms with Gasteiger partial charge in [-0.25, -0.2) is 8.96 Å². The van der Waals surface area contributed by atoms with Gasteiger partial charge < -0.3 is 0 Å². The van der Waals surface area contributed by atoms with Crippen LogP contribution < -0.4 is 9.75 Å². The van der Waals surface area contributed by atoms with E-state index >= 15 is 0 Å². The van der Waals surface area contributed by atoms with Crippen molar-refractivity contribution in [3.8, 4) is 5.69 Å². The Kier molecular flexibility index (Phi) is 2.30. The summed E-state index contributed by atoms with van der Waals surface area (Å²) >= 11 is 0. The molecule has 2 aromatic rings. The molecule has 0 aliphatic heterocycles. The molecule has 0 fully saturated rings. The van der Waals surface area contributed by atoms with Crippen LogP contribution >= 0.6 is 20.7 Å². The number of aromatic nitrogens is 1. The van der Waals surface area contributed by atoms with Crippen LogP contribution in [-0.2, 0) is 0 Å². The standard InChI is InChI=1S/C8H4FNO2S2/c9-5-2-1-3-6(4-5)10-7(11)13-14-8(10)12/h1-4H. The SMILES string of the molecule is O=c1ssc(=O)n1-c1cccc(F)c1. The summed E-state index contributed by atoms with van der Waals surface area (Å²) in [5.41, 5.74) is 0.275. The Hall–Kier alpha value is -1.27. The van der Waals surface area contributed by atoms with E-state index in [9.17, 15) is 14.0 Å². The summed E-state index contributed by atoms with van der Waals surface area (Å²) in [5.74, 6) is -0.468. The second kappa shape index (κ2) is 3.47. The van der Waals surface area contributed by atoms with E-state index in [1.165, 1.54) is 18.2 Å². The van der Waals surface area contributed by atoms with E-state index in [-0.39, 0.29) is 15.4 Å². The molecular weight excluding hydrogens is 225 g/mol. The second-order valence-electron chi connectivity index (χ2n) is 2.51. The molecule has 0 N–H and O–H groups in total. The molecule has 72 valence electrons. The molecule has 0 amide bonds. The van der Waals surface area contributed by atoms with Crippen LogP contribution in [0.25, 0.3) is 5.69 Å². The van der Waals surface area contributed by atoms with Crippen LogP contribution in [0.5, 0.6) is 0 Å². The van der Waals surface area contributed by atoms with Crippen molar-refractivity contribution in [2.75, 3.05) is 0 Å². The summed E-state index contributed by atoms with van der Waals surface area (Å²) in [5, 5.41) is 0. The number of nitrogens with zero attached hydrogens (tertiary/aromatic N) is 1. The summed E-state index contributed by atoms with van der Waals surface area (Å²) < 4.78 is 13.8. The zero-order valence-electron chi connectivity index (χ0n) is 6.77. The zero-order chi connectivity index (χ0) is 10.1. The van der Waals surface area contributed by atoms with Crippen LogP contribution in [0, 0.1) is 5.82 Å². The quantitative estimate of drug-likeness (QED) is 0.694. The first-order valence-corrected chi connectivity index (χ1v) is 5.81. The highest BCUT2D eigenvalue weighted by Gasteiger charge is 2.06. The van der Waals surface area contributed by atoms with Crippen molar-refractivity contribution in [3.63, 3.8) is 0 Å². The predicted octanol–water partition coefficient (Wildman–Crippen LogP) is 1.46. The Morgan fingerprint density at radius 3 is 2.36 bits per heavy atom. The lowest BCUT2D eigenvalue weighted by molar-refractivity contribution is 0.626. The summed E-state index contributed by atoms with van der Waals surface area (Å²) in [4.78, 5) is 21.7. The van der Waals surface area contributed by atoms with Crippen molar-refractivity contribution in [2.24, 2.45) is 0 Å². The molecule has 0 radical (unpaired) electrons. The average Bonchev–Trinajstić information content (AvgIpc) is 2.46. The third kappa shape index (κ3) is 1.53. The Morgan fingerprint density at radius 2 is 1.79 bits per heavy atom. The van der Waals surface area contributed by atoms with Gasteiger partial charge in [-0.05, 0) is 38.9 Å². The highest BCUT2D eigenvalue weighted by molar-refractivity contribution is 7.67. The van der Waals surface area contributed by atoms with Crippen LogP contribution in [0.1, 0.15) is 0 Å². The molecule has 3 nitrogen and oxygen atoms in total. The molecule has 6 heteroatoms. The molecule has 0 saturated heterocycles. The topological polar surface area (TPSA) is 39.1 Å². The van der Waals surface area contributed by atoms with Crippen molar-refractivity contribution in [1.82, 2.24) is 4.57 Å². The summed E-state index contributed by atoms with van der Waals surface area (Å²) in [6.45, 7) is 0. The van der Waals surface area contributed by atoms with Crippen molar-refractivity contribution < 1.29 is 4.39 Å². The van der Waals surface area contributed by atoms with Gasteiger partial charge in [-0.1, -0.05) is 6.07 Å². The minimum atomic E-state index is -0.468. The molecule has 1 heterocycles. The van der Waals surface area contributed by atoms with Crippen molar-refractivity contribution in [3.05, 3.63) is 49.4 Å². The largest absolute Gasteiger partial charge is 0.325 e. The molecule has 0 spiro atoms. The van der Waals surface area contributed by atoms with Gasteiger partial charge in [0.05, 0.1) is 5.69 Å². The van der Waals surface area contributed by atoms with Gasteiger partial charge in [0.1, 0.15) is 5.82 Å². The first kappa shape index (κ1) is 9.29. The lowest BCUT2D eigenvalue weighted by atomic mass is 10.3. The number of hydrogen-bond acceptors (Lipinski definition) is 4. The molecule has 0 saturated carbocycles. The molecule has 0 aliphatic rings. The van der Waals surface area contributed by atoms with Gasteiger partial charge in [0.25, 0.3) is 0 Å². The van der Waals surface area contributed by atoms with Gasteiger partial charge >= 0.3 is 9.75 Å². The molecule has 0 aliphatic carbocycles. The second-order valence-corrected chi connectivity index (χ2v) is 4.55. The highest BCUT2D eigenvalue weighted by Crippen LogP contribution is 2.07. The van der Waals surface area contributed by atoms with Gasteiger partial charge in [-0.15, -0.1) is 0 Å². The first-order valence-electron chi connectivity index (χ1n) is 3.66. The molecule has 2 rings (SSSR count). The predicted molar refractivity (Wildman–Crippen MR) is 54.0 cm³/mol. The first-order chi connectivity index (χ1) is 6.68. The van der Waals surface area contributed by atoms with Crippen molar-refractivity contribution >= 4 is 20.7 Å². The average molecular weight is 229 g/mol. The molecule has 14 heavy (non-hydrogen) atoms. The monoisotopic (exact) mass is 229 g/mol. The third-order valence-corrected chi connectivity index (χ3v) is 3.45. The summed E-state index contributed by atoms with van der Waals surface area (Å²) in [6, 6.07) is 5.39. The van der Waals surface area contributed by atoms with Gasteiger partial charge in [-0.3, -0.25) is 9.59 Å². The van der Waals surface area contributed by atoms with Crippen LogP contribution in [-0.4, -0.2) is 4.57 Å². The minimum absolute atomic E-state index is 0.275. The maximum Gasteiger partial charge on any atom is 0.325 e. The van der Waals surface area contributed by atoms with Crippen LogP contribution in [0.15, 0.2) is 33.9 Å². The van der Waals surface area contributed by atoms with Crippen molar-refractivity contribution in [2.45, 2.75) is 0 Å². The minimum Gasteiger partial charge on any atom is -0.255 e. The lowest BCUT2D eigenvalue weighted by Gasteiger charge is -1.97. The van der Waals surface area contributed by atoms with E-state index in [2.05, 4.69) is 0 Å². The van der Waals surface area contributed by atoms with E-state index in [1.807, 2.05) is 0 Å². The Bertz CT molecular complexity index is 541. The molecule has 1 aromatic carbocycles. The summed E-state index contributed by atoms with van der Waals surface area (Å²) in [7, 11) is 1.69. The molecular formula is C8H4FNO2S2. The number of hydrogen-bond donors (Lipinski definition) is 0. The molecule has 0 bridgehead atoms. The summed E-state index contributed by atoms with van der Waals surface area (Å²) in [6.07, 6.45) is 0. The van der Waals surface area contributed by atoms with Gasteiger partial charge in [0.15, 0.2) is 0 Å². The van der Waals surface area contributed by atoms with Crippen LogP contribution in [0.3, 0.4) is 0 Å². The third-order valence-electron chi connectivity index (χ3n) is 1.62. The highest BCUT2D eigenvalue weighted by atomic mass is 32.9. The van der Waals surface area contributed by atoms with Gasteiger partial charge in [0.2, 0.25) is 0 Å². The Balaban J connectivity index is 2.72. The van der Waals surface area contributed by atoms with Crippen LogP contribution in [0.4, 0.5) is 4.39 Å². The van der Waals surface area contributed by atoms with E-state index in [0.717, 1.165) is 31.3 Å². The van der Waals surface area contributed by atoms with Gasteiger partial charge in [-0.2, -0.15) is 0 Å². The number of rotatable bonds is 1. The Morgan fingerprint density at radius 1 is 1.14 bits per heavy atom. The van der Waals surface area contributed by atoms with Crippen LogP contribution in [0.2, 0.25) is 0 Å². The Labute approximate surface area is 85.1 Å². The fourth-order valence-corrected chi connectivity index (χ4v) is 2.65. The number of halogens is 1. The molecule has 0 unspecified atom stereocenters. The van der Waals surface area contributed by atoms with Crippen molar-refractivity contribution in [1.29, 1.82) is 0 Å². The van der Waals surface area contributed by atoms with Gasteiger partial charge in [0, 0.05) is 0 Å². The smallest absolute Gasteiger partial charge is 0.255 e. The maximum absolute atomic E-state index is 12.8. The van der Waals surface area contributed by atoms with E-state index < -0.39 is 5.82 Å². The zero-order valence-corrected chi connectivity index (χ0v) is 8.40. The number of benzene rings is 1. The molecule has 0 atom stereocenters.